The lowest BCUT2D eigenvalue weighted by molar-refractivity contribution is -0.393. The number of nitrogens with zero attached hydrogens (tertiary/aromatic N) is 5. The maximum atomic E-state index is 11.1. The first kappa shape index (κ1) is 19.4. The Labute approximate surface area is 173 Å². The van der Waals surface area contributed by atoms with E-state index in [0.717, 1.165) is 23.2 Å². The third kappa shape index (κ3) is 4.27. The number of oxazole rings is 1. The first-order chi connectivity index (χ1) is 15.0. The second-order valence-electron chi connectivity index (χ2n) is 6.19. The molecule has 0 aliphatic heterocycles. The number of anilines is 1. The molecule has 0 fully saturated rings. The Kier molecular flexibility index (Phi) is 5.17. The summed E-state index contributed by atoms with van der Waals surface area (Å²) < 4.78 is 5.71. The van der Waals surface area contributed by atoms with Crippen LogP contribution in [0.4, 0.5) is 22.7 Å². The summed E-state index contributed by atoms with van der Waals surface area (Å²) in [7, 11) is 0. The van der Waals surface area contributed by atoms with Crippen LogP contribution in [0.1, 0.15) is 0 Å². The molecular formula is C19H13N7O5. The van der Waals surface area contributed by atoms with Crippen LogP contribution in [0.5, 0.6) is 0 Å². The van der Waals surface area contributed by atoms with Gasteiger partial charge in [-0.15, -0.1) is 5.11 Å². The molecule has 12 heteroatoms. The molecule has 0 atom stereocenters. The van der Waals surface area contributed by atoms with Crippen LogP contribution in [-0.2, 0) is 0 Å². The fourth-order valence-electron chi connectivity index (χ4n) is 2.72. The highest BCUT2D eigenvalue weighted by Crippen LogP contribution is 2.28. The summed E-state index contributed by atoms with van der Waals surface area (Å²) in [6, 6.07) is 17.6. The molecule has 0 saturated carbocycles. The average molecular weight is 419 g/mol. The summed E-state index contributed by atoms with van der Waals surface area (Å²) in [5, 5.41) is 29.5. The second kappa shape index (κ2) is 8.24. The van der Waals surface area contributed by atoms with Gasteiger partial charge in [-0.3, -0.25) is 25.7 Å². The molecule has 3 aromatic carbocycles. The monoisotopic (exact) mass is 419 g/mol. The molecule has 0 aliphatic carbocycles. The molecule has 4 rings (SSSR count). The fraction of sp³-hybridized carbons (Fsp3) is 0. The number of nitro groups is 2. The van der Waals surface area contributed by atoms with Crippen LogP contribution in [0.3, 0.4) is 0 Å². The van der Waals surface area contributed by atoms with E-state index in [2.05, 4.69) is 26.3 Å². The molecule has 4 aromatic rings. The summed E-state index contributed by atoms with van der Waals surface area (Å²) in [6.45, 7) is 0. The highest BCUT2D eigenvalue weighted by molar-refractivity contribution is 5.76. The van der Waals surface area contributed by atoms with Crippen molar-refractivity contribution in [3.8, 4) is 11.5 Å². The highest BCUT2D eigenvalue weighted by atomic mass is 16.6. The lowest BCUT2D eigenvalue weighted by Crippen LogP contribution is -2.15. The molecule has 1 aromatic heterocycles. The lowest BCUT2D eigenvalue weighted by Gasteiger charge is -2.04. The van der Waals surface area contributed by atoms with Gasteiger partial charge in [-0.2, -0.15) is 0 Å². The maximum absolute atomic E-state index is 11.1. The first-order valence-corrected chi connectivity index (χ1v) is 8.82. The molecule has 0 bridgehead atoms. The van der Waals surface area contributed by atoms with E-state index in [1.165, 1.54) is 6.07 Å². The number of hydrogen-bond donors (Lipinski definition) is 2. The normalized spacial score (nSPS) is 11.0. The Morgan fingerprint density at radius 1 is 0.935 bits per heavy atom. The van der Waals surface area contributed by atoms with E-state index in [1.807, 2.05) is 24.3 Å². The molecule has 0 unspecified atom stereocenters. The Bertz CT molecular complexity index is 1270. The van der Waals surface area contributed by atoms with Crippen molar-refractivity contribution < 1.29 is 14.3 Å². The topological polar surface area (TPSA) is 161 Å². The molecule has 0 spiro atoms. The molecule has 0 amide bonds. The summed E-state index contributed by atoms with van der Waals surface area (Å²) in [5.41, 5.74) is 6.71. The third-order valence-corrected chi connectivity index (χ3v) is 4.20. The SMILES string of the molecule is O=[N+]([O-])c1ccc(NNN=Nc2ccc(-c3nc4ccccc4o3)cc2)c([N+](=O)[O-])c1. The van der Waals surface area contributed by atoms with E-state index in [4.69, 9.17) is 4.42 Å². The van der Waals surface area contributed by atoms with Crippen molar-refractivity contribution >= 4 is 33.8 Å². The van der Waals surface area contributed by atoms with Crippen molar-refractivity contribution in [1.29, 1.82) is 0 Å². The summed E-state index contributed by atoms with van der Waals surface area (Å²) in [5.74, 6) is 0.481. The van der Waals surface area contributed by atoms with Gasteiger partial charge in [0.25, 0.3) is 5.69 Å². The van der Waals surface area contributed by atoms with Crippen LogP contribution in [0.25, 0.3) is 22.6 Å². The van der Waals surface area contributed by atoms with Gasteiger partial charge in [0.15, 0.2) is 5.58 Å². The zero-order valence-electron chi connectivity index (χ0n) is 15.6. The van der Waals surface area contributed by atoms with Crippen LogP contribution >= 0.6 is 0 Å². The van der Waals surface area contributed by atoms with Gasteiger partial charge in [-0.05, 0) is 42.5 Å². The Balaban J connectivity index is 1.41. The van der Waals surface area contributed by atoms with Crippen molar-refractivity contribution in [2.24, 2.45) is 10.3 Å². The molecule has 0 saturated heterocycles. The zero-order valence-corrected chi connectivity index (χ0v) is 15.6. The number of nitrogens with one attached hydrogen (secondary N) is 2. The maximum Gasteiger partial charge on any atom is 0.301 e. The average Bonchev–Trinajstić information content (AvgIpc) is 3.21. The second-order valence-corrected chi connectivity index (χ2v) is 6.19. The van der Waals surface area contributed by atoms with Gasteiger partial charge in [0.05, 0.1) is 21.6 Å². The molecule has 1 heterocycles. The van der Waals surface area contributed by atoms with E-state index in [9.17, 15) is 20.2 Å². The van der Waals surface area contributed by atoms with Crippen molar-refractivity contribution in [2.75, 3.05) is 5.43 Å². The predicted molar refractivity (Wildman–Crippen MR) is 110 cm³/mol. The minimum Gasteiger partial charge on any atom is -0.436 e. The van der Waals surface area contributed by atoms with Crippen LogP contribution in [0.15, 0.2) is 81.5 Å². The van der Waals surface area contributed by atoms with Gasteiger partial charge in [0.2, 0.25) is 5.89 Å². The van der Waals surface area contributed by atoms with Gasteiger partial charge in [-0.25, -0.2) is 10.5 Å². The minimum atomic E-state index is -0.737. The van der Waals surface area contributed by atoms with Crippen LogP contribution in [-0.4, -0.2) is 14.8 Å². The van der Waals surface area contributed by atoms with Gasteiger partial charge in [-0.1, -0.05) is 17.4 Å². The van der Waals surface area contributed by atoms with Gasteiger partial charge in [0, 0.05) is 11.6 Å². The smallest absolute Gasteiger partial charge is 0.301 e. The largest absolute Gasteiger partial charge is 0.436 e. The molecule has 154 valence electrons. The van der Waals surface area contributed by atoms with E-state index < -0.39 is 21.2 Å². The van der Waals surface area contributed by atoms with Crippen LogP contribution < -0.4 is 11.0 Å². The lowest BCUT2D eigenvalue weighted by atomic mass is 10.2. The molecular weight excluding hydrogens is 406 g/mol. The molecule has 31 heavy (non-hydrogen) atoms. The first-order valence-electron chi connectivity index (χ1n) is 8.82. The molecule has 0 radical (unpaired) electrons. The van der Waals surface area contributed by atoms with E-state index in [0.29, 0.717) is 17.2 Å². The Morgan fingerprint density at radius 3 is 2.42 bits per heavy atom. The quantitative estimate of drug-likeness (QED) is 0.242. The minimum absolute atomic E-state index is 0.000794. The van der Waals surface area contributed by atoms with Crippen molar-refractivity contribution in [3.05, 3.63) is 87.0 Å². The van der Waals surface area contributed by atoms with E-state index in [-0.39, 0.29) is 5.69 Å². The van der Waals surface area contributed by atoms with Crippen LogP contribution in [0, 0.1) is 20.2 Å². The fourth-order valence-corrected chi connectivity index (χ4v) is 2.72. The predicted octanol–water partition coefficient (Wildman–Crippen LogP) is 4.93. The molecule has 0 aliphatic rings. The number of fused-ring (bicyclic) bond motifs is 1. The number of hydrazine groups is 1. The van der Waals surface area contributed by atoms with Crippen LogP contribution in [0.2, 0.25) is 0 Å². The number of para-hydroxylation sites is 2. The van der Waals surface area contributed by atoms with E-state index >= 15 is 0 Å². The Hall–Kier alpha value is -4.87. The number of hydrogen-bond acceptors (Lipinski definition) is 9. The zero-order chi connectivity index (χ0) is 21.8. The molecule has 12 nitrogen and oxygen atoms in total. The number of nitro benzene ring substituents is 2. The summed E-state index contributed by atoms with van der Waals surface area (Å²) in [4.78, 5) is 24.8. The number of benzene rings is 3. The van der Waals surface area contributed by atoms with Crippen molar-refractivity contribution in [1.82, 2.24) is 10.5 Å². The number of non-ortho nitro benzene ring substituents is 1. The number of aromatic nitrogens is 1. The van der Waals surface area contributed by atoms with E-state index in [1.54, 1.807) is 24.3 Å². The van der Waals surface area contributed by atoms with Gasteiger partial charge < -0.3 is 4.42 Å². The molecule has 2 N–H and O–H groups in total. The summed E-state index contributed by atoms with van der Waals surface area (Å²) in [6.07, 6.45) is 0. The van der Waals surface area contributed by atoms with Gasteiger partial charge >= 0.3 is 5.69 Å². The van der Waals surface area contributed by atoms with Gasteiger partial charge in [0.1, 0.15) is 11.2 Å². The standard InChI is InChI=1S/C19H13N7O5/c27-25(28)14-9-10-15(17(11-14)26(29)30)22-24-23-21-13-7-5-12(6-8-13)19-20-16-3-1-2-4-18(16)31-19/h1-11H,(H,21,24)(H,22,23). The summed E-state index contributed by atoms with van der Waals surface area (Å²) >= 11 is 0. The van der Waals surface area contributed by atoms with Crippen molar-refractivity contribution in [3.63, 3.8) is 0 Å². The third-order valence-electron chi connectivity index (χ3n) is 4.20. The Morgan fingerprint density at radius 2 is 1.71 bits per heavy atom. The number of rotatable bonds is 7. The van der Waals surface area contributed by atoms with Crippen molar-refractivity contribution in [2.45, 2.75) is 0 Å². The highest BCUT2D eigenvalue weighted by Gasteiger charge is 2.19.